The number of para-hydroxylation sites is 1. The van der Waals surface area contributed by atoms with Crippen LogP contribution >= 0.6 is 0 Å². The van der Waals surface area contributed by atoms with Crippen LogP contribution in [-0.2, 0) is 11.3 Å². The Hall–Kier alpha value is -3.19. The van der Waals surface area contributed by atoms with E-state index in [2.05, 4.69) is 9.72 Å². The van der Waals surface area contributed by atoms with Gasteiger partial charge in [-0.2, -0.15) is 0 Å². The lowest BCUT2D eigenvalue weighted by Crippen LogP contribution is -2.32. The van der Waals surface area contributed by atoms with Gasteiger partial charge in [-0.15, -0.1) is 0 Å². The smallest absolute Gasteiger partial charge is 0.337 e. The highest BCUT2D eigenvalue weighted by Gasteiger charge is 2.13. The van der Waals surface area contributed by atoms with Gasteiger partial charge in [-0.3, -0.25) is 9.36 Å². The van der Waals surface area contributed by atoms with Gasteiger partial charge in [-0.25, -0.2) is 9.78 Å². The predicted octanol–water partition coefficient (Wildman–Crippen LogP) is 1.93. The topological polar surface area (TPSA) is 90.7 Å². The molecule has 1 heterocycles. The molecule has 0 radical (unpaired) electrons. The van der Waals surface area contributed by atoms with Crippen LogP contribution in [0.25, 0.3) is 10.9 Å². The number of aliphatic hydroxyl groups is 1. The van der Waals surface area contributed by atoms with E-state index in [1.807, 2.05) is 6.07 Å². The van der Waals surface area contributed by atoms with E-state index in [-0.39, 0.29) is 18.7 Å². The molecule has 140 valence electrons. The SMILES string of the molecule is COC(=O)c1cccc(OC[C@@H](O)Cn2c(C)nc3ccccc3c2=O)c1. The molecule has 0 bridgehead atoms. The lowest BCUT2D eigenvalue weighted by molar-refractivity contribution is 0.0599. The maximum Gasteiger partial charge on any atom is 0.337 e. The number of esters is 1. The molecule has 3 aromatic rings. The standard InChI is InChI=1S/C20H20N2O5/c1-13-21-18-9-4-3-8-17(18)19(24)22(13)11-15(23)12-27-16-7-5-6-14(10-16)20(25)26-2/h3-10,15,23H,11-12H2,1-2H3/t15-/m0/s1. The van der Waals surface area contributed by atoms with Crippen molar-refractivity contribution in [2.45, 2.75) is 19.6 Å². The van der Waals surface area contributed by atoms with E-state index in [9.17, 15) is 14.7 Å². The van der Waals surface area contributed by atoms with Crippen molar-refractivity contribution < 1.29 is 19.4 Å². The van der Waals surface area contributed by atoms with Crippen molar-refractivity contribution in [1.82, 2.24) is 9.55 Å². The number of hydrogen-bond donors (Lipinski definition) is 1. The highest BCUT2D eigenvalue weighted by molar-refractivity contribution is 5.89. The number of fused-ring (bicyclic) bond motifs is 1. The number of aliphatic hydroxyl groups excluding tert-OH is 1. The van der Waals surface area contributed by atoms with Crippen LogP contribution in [0.15, 0.2) is 53.3 Å². The van der Waals surface area contributed by atoms with Crippen LogP contribution in [0.1, 0.15) is 16.2 Å². The summed E-state index contributed by atoms with van der Waals surface area (Å²) in [6.07, 6.45) is -0.925. The number of benzene rings is 2. The monoisotopic (exact) mass is 368 g/mol. The van der Waals surface area contributed by atoms with Crippen molar-refractivity contribution >= 4 is 16.9 Å². The number of hydrogen-bond acceptors (Lipinski definition) is 6. The zero-order valence-corrected chi connectivity index (χ0v) is 15.1. The van der Waals surface area contributed by atoms with Gasteiger partial charge >= 0.3 is 5.97 Å². The molecule has 0 aliphatic heterocycles. The number of nitrogens with zero attached hydrogens (tertiary/aromatic N) is 2. The Balaban J connectivity index is 1.72. The number of aromatic nitrogens is 2. The van der Waals surface area contributed by atoms with Crippen molar-refractivity contribution in [3.63, 3.8) is 0 Å². The summed E-state index contributed by atoms with van der Waals surface area (Å²) < 4.78 is 11.6. The minimum Gasteiger partial charge on any atom is -0.491 e. The first-order valence-electron chi connectivity index (χ1n) is 8.45. The summed E-state index contributed by atoms with van der Waals surface area (Å²) in [4.78, 5) is 28.6. The third-order valence-corrected chi connectivity index (χ3v) is 4.14. The Labute approximate surface area is 155 Å². The molecular weight excluding hydrogens is 348 g/mol. The molecule has 0 saturated heterocycles. The van der Waals surface area contributed by atoms with Crippen molar-refractivity contribution in [2.75, 3.05) is 13.7 Å². The van der Waals surface area contributed by atoms with Gasteiger partial charge in [-0.1, -0.05) is 18.2 Å². The van der Waals surface area contributed by atoms with Crippen LogP contribution in [0.3, 0.4) is 0 Å². The molecular formula is C20H20N2O5. The molecule has 2 aromatic carbocycles. The first kappa shape index (κ1) is 18.6. The molecule has 0 aliphatic carbocycles. The largest absolute Gasteiger partial charge is 0.491 e. The molecule has 0 spiro atoms. The molecule has 1 aromatic heterocycles. The van der Waals surface area contributed by atoms with E-state index in [0.29, 0.717) is 28.0 Å². The molecule has 7 nitrogen and oxygen atoms in total. The van der Waals surface area contributed by atoms with E-state index in [1.54, 1.807) is 43.3 Å². The van der Waals surface area contributed by atoms with Gasteiger partial charge in [0.1, 0.15) is 24.3 Å². The van der Waals surface area contributed by atoms with Crippen LogP contribution < -0.4 is 10.3 Å². The zero-order valence-electron chi connectivity index (χ0n) is 15.1. The maximum atomic E-state index is 12.6. The highest BCUT2D eigenvalue weighted by Crippen LogP contribution is 2.15. The quantitative estimate of drug-likeness (QED) is 0.669. The summed E-state index contributed by atoms with van der Waals surface area (Å²) in [5.41, 5.74) is 0.779. The third kappa shape index (κ3) is 4.15. The van der Waals surface area contributed by atoms with Gasteiger partial charge in [0.2, 0.25) is 0 Å². The maximum absolute atomic E-state index is 12.6. The number of carbonyl (C=O) groups excluding carboxylic acids is 1. The van der Waals surface area contributed by atoms with Gasteiger partial charge in [0.15, 0.2) is 0 Å². The first-order chi connectivity index (χ1) is 13.0. The van der Waals surface area contributed by atoms with Crippen LogP contribution in [0, 0.1) is 6.92 Å². The normalized spacial score (nSPS) is 12.0. The fourth-order valence-electron chi connectivity index (χ4n) is 2.78. The van der Waals surface area contributed by atoms with E-state index < -0.39 is 12.1 Å². The Morgan fingerprint density at radius 1 is 1.22 bits per heavy atom. The van der Waals surface area contributed by atoms with Crippen molar-refractivity contribution in [1.29, 1.82) is 0 Å². The second-order valence-electron chi connectivity index (χ2n) is 6.08. The lowest BCUT2D eigenvalue weighted by Gasteiger charge is -2.16. The second kappa shape index (κ2) is 8.01. The molecule has 27 heavy (non-hydrogen) atoms. The lowest BCUT2D eigenvalue weighted by atomic mass is 10.2. The van der Waals surface area contributed by atoms with E-state index >= 15 is 0 Å². The van der Waals surface area contributed by atoms with Crippen molar-refractivity contribution in [3.05, 3.63) is 70.3 Å². The predicted molar refractivity (Wildman–Crippen MR) is 100 cm³/mol. The Morgan fingerprint density at radius 2 is 2.00 bits per heavy atom. The second-order valence-corrected chi connectivity index (χ2v) is 6.08. The molecule has 0 aliphatic rings. The number of rotatable bonds is 6. The van der Waals surface area contributed by atoms with Gasteiger partial charge in [0.25, 0.3) is 5.56 Å². The van der Waals surface area contributed by atoms with Crippen molar-refractivity contribution in [2.24, 2.45) is 0 Å². The Morgan fingerprint density at radius 3 is 2.78 bits per heavy atom. The van der Waals surface area contributed by atoms with Crippen LogP contribution in [-0.4, -0.2) is 40.4 Å². The number of ether oxygens (including phenoxy) is 2. The number of methoxy groups -OCH3 is 1. The minimum absolute atomic E-state index is 0.0384. The van der Waals surface area contributed by atoms with Gasteiger partial charge in [0, 0.05) is 0 Å². The molecule has 7 heteroatoms. The number of aryl methyl sites for hydroxylation is 1. The fourth-order valence-corrected chi connectivity index (χ4v) is 2.78. The molecule has 0 amide bonds. The van der Waals surface area contributed by atoms with Gasteiger partial charge in [-0.05, 0) is 37.3 Å². The summed E-state index contributed by atoms with van der Waals surface area (Å²) in [6, 6.07) is 13.6. The molecule has 0 unspecified atom stereocenters. The number of carbonyl (C=O) groups is 1. The van der Waals surface area contributed by atoms with Crippen LogP contribution in [0.5, 0.6) is 5.75 Å². The molecule has 0 saturated carbocycles. The summed E-state index contributed by atoms with van der Waals surface area (Å²) >= 11 is 0. The minimum atomic E-state index is -0.925. The average Bonchev–Trinajstić information content (AvgIpc) is 2.69. The zero-order chi connectivity index (χ0) is 19.4. The van der Waals surface area contributed by atoms with Crippen molar-refractivity contribution in [3.8, 4) is 5.75 Å². The molecule has 0 fully saturated rings. The molecule has 1 atom stereocenters. The Bertz CT molecular complexity index is 1030. The van der Waals surface area contributed by atoms with E-state index in [4.69, 9.17) is 4.74 Å². The summed E-state index contributed by atoms with van der Waals surface area (Å²) in [5, 5.41) is 10.8. The summed E-state index contributed by atoms with van der Waals surface area (Å²) in [7, 11) is 1.30. The van der Waals surface area contributed by atoms with Gasteiger partial charge in [0.05, 0.1) is 30.1 Å². The average molecular weight is 368 g/mol. The third-order valence-electron chi connectivity index (χ3n) is 4.14. The summed E-state index contributed by atoms with van der Waals surface area (Å²) in [6.45, 7) is 1.74. The van der Waals surface area contributed by atoms with Crippen LogP contribution in [0.2, 0.25) is 0 Å². The highest BCUT2D eigenvalue weighted by atomic mass is 16.5. The molecule has 1 N–H and O–H groups in total. The Kier molecular flexibility index (Phi) is 5.52. The van der Waals surface area contributed by atoms with Crippen LogP contribution in [0.4, 0.5) is 0 Å². The van der Waals surface area contributed by atoms with E-state index in [0.717, 1.165) is 0 Å². The fraction of sp³-hybridized carbons (Fsp3) is 0.250. The first-order valence-corrected chi connectivity index (χ1v) is 8.45. The molecule has 3 rings (SSSR count). The summed E-state index contributed by atoms with van der Waals surface area (Å²) in [5.74, 6) is 0.480. The van der Waals surface area contributed by atoms with Gasteiger partial charge < -0.3 is 14.6 Å². The van der Waals surface area contributed by atoms with E-state index in [1.165, 1.54) is 17.7 Å².